The first-order chi connectivity index (χ1) is 18.0. The van der Waals surface area contributed by atoms with Crippen LogP contribution in [0.5, 0.6) is 0 Å². The molecular formula is C25H44N2O7S2Si. The maximum absolute atomic E-state index is 12.7. The molecule has 1 aromatic rings. The Bertz CT molecular complexity index is 717. The van der Waals surface area contributed by atoms with Crippen LogP contribution < -0.4 is 0 Å². The number of pyridine rings is 1. The highest BCUT2D eigenvalue weighted by Gasteiger charge is 2.39. The number of hydrogen-bond acceptors (Lipinski definition) is 11. The lowest BCUT2D eigenvalue weighted by molar-refractivity contribution is -0.145. The Morgan fingerprint density at radius 1 is 0.946 bits per heavy atom. The molecule has 212 valence electrons. The van der Waals surface area contributed by atoms with Crippen molar-refractivity contribution in [2.75, 3.05) is 65.5 Å². The van der Waals surface area contributed by atoms with Gasteiger partial charge in [-0.15, -0.1) is 0 Å². The normalized spacial score (nSPS) is 11.7. The second kappa shape index (κ2) is 21.9. The molecule has 0 unspecified atom stereocenters. The molecule has 0 bridgehead atoms. The van der Waals surface area contributed by atoms with E-state index in [0.29, 0.717) is 64.8 Å². The molecule has 37 heavy (non-hydrogen) atoms. The summed E-state index contributed by atoms with van der Waals surface area (Å²) < 4.78 is 27.7. The van der Waals surface area contributed by atoms with Crippen molar-refractivity contribution in [3.8, 4) is 0 Å². The van der Waals surface area contributed by atoms with E-state index in [1.165, 1.54) is 0 Å². The second-order valence-electron chi connectivity index (χ2n) is 8.00. The molecule has 0 spiro atoms. The van der Waals surface area contributed by atoms with Crippen LogP contribution in [-0.4, -0.2) is 96.0 Å². The first kappa shape index (κ1) is 34.0. The highest BCUT2D eigenvalue weighted by molar-refractivity contribution is 8.76. The van der Waals surface area contributed by atoms with Gasteiger partial charge in [-0.3, -0.25) is 9.59 Å². The Labute approximate surface area is 231 Å². The summed E-state index contributed by atoms with van der Waals surface area (Å²) in [5, 5.41) is 0.960. The van der Waals surface area contributed by atoms with Crippen LogP contribution in [0.25, 0.3) is 0 Å². The van der Waals surface area contributed by atoms with Crippen LogP contribution in [0.1, 0.15) is 46.5 Å². The molecule has 0 radical (unpaired) electrons. The summed E-state index contributed by atoms with van der Waals surface area (Å²) in [6.07, 6.45) is 3.62. The molecule has 1 rings (SSSR count). The van der Waals surface area contributed by atoms with E-state index in [4.69, 9.17) is 22.8 Å². The van der Waals surface area contributed by atoms with Crippen LogP contribution in [0.3, 0.4) is 0 Å². The van der Waals surface area contributed by atoms with Crippen LogP contribution in [0.4, 0.5) is 0 Å². The molecule has 0 saturated heterocycles. The smallest absolute Gasteiger partial charge is 0.463 e. The van der Waals surface area contributed by atoms with E-state index < -0.39 is 8.80 Å². The quantitative estimate of drug-likeness (QED) is 0.0754. The minimum absolute atomic E-state index is 0.190. The van der Waals surface area contributed by atoms with Gasteiger partial charge in [-0.05, 0) is 50.1 Å². The van der Waals surface area contributed by atoms with Crippen molar-refractivity contribution >= 4 is 42.1 Å². The van der Waals surface area contributed by atoms with E-state index >= 15 is 0 Å². The van der Waals surface area contributed by atoms with Gasteiger partial charge in [-0.1, -0.05) is 16.9 Å². The zero-order valence-corrected chi connectivity index (χ0v) is 25.4. The number of hydrogen-bond donors (Lipinski definition) is 0. The molecule has 1 aromatic heterocycles. The third-order valence-corrected chi connectivity index (χ3v) is 10.6. The Morgan fingerprint density at radius 2 is 1.65 bits per heavy atom. The molecule has 12 heteroatoms. The molecule has 0 N–H and O–H groups in total. The van der Waals surface area contributed by atoms with Gasteiger partial charge in [0.05, 0.1) is 13.0 Å². The first-order valence-corrected chi connectivity index (χ1v) is 17.2. The van der Waals surface area contributed by atoms with Crippen molar-refractivity contribution in [3.63, 3.8) is 0 Å². The monoisotopic (exact) mass is 576 g/mol. The zero-order valence-electron chi connectivity index (χ0n) is 22.8. The molecule has 0 amide bonds. The van der Waals surface area contributed by atoms with Gasteiger partial charge in [0.1, 0.15) is 17.4 Å². The number of ether oxygens (including phenoxy) is 2. The molecule has 1 heterocycles. The van der Waals surface area contributed by atoms with Gasteiger partial charge in [-0.2, -0.15) is 0 Å². The van der Waals surface area contributed by atoms with E-state index in [1.54, 1.807) is 34.9 Å². The molecule has 0 aliphatic carbocycles. The van der Waals surface area contributed by atoms with Crippen LogP contribution in [-0.2, 0) is 32.3 Å². The van der Waals surface area contributed by atoms with Crippen LogP contribution in [0.15, 0.2) is 29.4 Å². The van der Waals surface area contributed by atoms with Crippen molar-refractivity contribution in [1.82, 2.24) is 9.88 Å². The maximum atomic E-state index is 12.7. The number of nitrogens with zero attached hydrogens (tertiary/aromatic N) is 2. The lowest BCUT2D eigenvalue weighted by atomic mass is 10.1. The largest absolute Gasteiger partial charge is 0.500 e. The topological polar surface area (TPSA) is 96.4 Å². The first-order valence-electron chi connectivity index (χ1n) is 13.0. The standard InChI is InChI=1S/C25H44N2O7S2Si/c1-5-32-37(33-6-2,34-7-3)22-10-11-23(28)13-16-27(17-14-25(29)31-20-19-30-4)18-21-35-36-24-12-8-9-15-26-24/h8-9,12,15H,5-7,10-11,13-14,16-22H2,1-4H3. The zero-order chi connectivity index (χ0) is 27.2. The van der Waals surface area contributed by atoms with E-state index in [9.17, 15) is 9.59 Å². The molecule has 0 aliphatic rings. The predicted octanol–water partition coefficient (Wildman–Crippen LogP) is 4.49. The van der Waals surface area contributed by atoms with Crippen LogP contribution in [0, 0.1) is 0 Å². The van der Waals surface area contributed by atoms with Gasteiger partial charge >= 0.3 is 14.8 Å². The molecule has 0 atom stereocenters. The van der Waals surface area contributed by atoms with Gasteiger partial charge in [0.25, 0.3) is 0 Å². The van der Waals surface area contributed by atoms with Crippen molar-refractivity contribution in [1.29, 1.82) is 0 Å². The Balaban J connectivity index is 2.51. The maximum Gasteiger partial charge on any atom is 0.500 e. The van der Waals surface area contributed by atoms with Gasteiger partial charge in [0.2, 0.25) is 0 Å². The van der Waals surface area contributed by atoms with Gasteiger partial charge in [0.15, 0.2) is 0 Å². The summed E-state index contributed by atoms with van der Waals surface area (Å²) in [7, 11) is 2.17. The third kappa shape index (κ3) is 16.5. The molecule has 9 nitrogen and oxygen atoms in total. The minimum Gasteiger partial charge on any atom is -0.463 e. The number of rotatable bonds is 24. The Kier molecular flexibility index (Phi) is 20.1. The van der Waals surface area contributed by atoms with E-state index in [0.717, 1.165) is 17.3 Å². The van der Waals surface area contributed by atoms with Gasteiger partial charge < -0.3 is 27.7 Å². The number of carbonyl (C=O) groups excluding carboxylic acids is 2. The summed E-state index contributed by atoms with van der Waals surface area (Å²) in [5.41, 5.74) is 0. The molecule has 0 aliphatic heterocycles. The van der Waals surface area contributed by atoms with E-state index in [1.807, 2.05) is 39.0 Å². The lowest BCUT2D eigenvalue weighted by Gasteiger charge is -2.28. The van der Waals surface area contributed by atoms with Crippen molar-refractivity contribution in [2.45, 2.75) is 57.5 Å². The average Bonchev–Trinajstić information content (AvgIpc) is 2.89. The number of esters is 1. The highest BCUT2D eigenvalue weighted by Crippen LogP contribution is 2.28. The summed E-state index contributed by atoms with van der Waals surface area (Å²) >= 11 is 0. The van der Waals surface area contributed by atoms with Gasteiger partial charge in [0, 0.05) is 77.4 Å². The molecule has 0 aromatic carbocycles. The molecular weight excluding hydrogens is 533 g/mol. The van der Waals surface area contributed by atoms with Gasteiger partial charge in [-0.25, -0.2) is 4.98 Å². The predicted molar refractivity (Wildman–Crippen MR) is 151 cm³/mol. The minimum atomic E-state index is -2.73. The number of carbonyl (C=O) groups is 2. The number of aromatic nitrogens is 1. The van der Waals surface area contributed by atoms with E-state index in [-0.39, 0.29) is 24.8 Å². The molecule has 0 saturated carbocycles. The third-order valence-electron chi connectivity index (χ3n) is 5.19. The number of methoxy groups -OCH3 is 1. The summed E-state index contributed by atoms with van der Waals surface area (Å²) in [6, 6.07) is 6.47. The van der Waals surface area contributed by atoms with Crippen molar-refractivity contribution < 1.29 is 32.3 Å². The number of ketones is 1. The molecule has 0 fully saturated rings. The fraction of sp³-hybridized carbons (Fsp3) is 0.720. The van der Waals surface area contributed by atoms with Crippen LogP contribution >= 0.6 is 21.6 Å². The summed E-state index contributed by atoms with van der Waals surface area (Å²) in [4.78, 5) is 31.2. The summed E-state index contributed by atoms with van der Waals surface area (Å²) in [5.74, 6) is 0.780. The SMILES string of the molecule is CCO[Si](CCCC(=O)CCN(CCSSc1ccccn1)CCC(=O)OCCOC)(OCC)OCC. The lowest BCUT2D eigenvalue weighted by Crippen LogP contribution is -2.46. The fourth-order valence-electron chi connectivity index (χ4n) is 3.47. The van der Waals surface area contributed by atoms with E-state index in [2.05, 4.69) is 9.88 Å². The van der Waals surface area contributed by atoms with Crippen molar-refractivity contribution in [2.24, 2.45) is 0 Å². The average molecular weight is 577 g/mol. The second-order valence-corrected chi connectivity index (χ2v) is 13.2. The Morgan fingerprint density at radius 3 is 2.27 bits per heavy atom. The van der Waals surface area contributed by atoms with Crippen molar-refractivity contribution in [3.05, 3.63) is 24.4 Å². The van der Waals surface area contributed by atoms with Crippen LogP contribution in [0.2, 0.25) is 6.04 Å². The fourth-order valence-corrected chi connectivity index (χ4v) is 7.99. The Hall–Kier alpha value is -0.993. The number of Topliss-reactive ketones (excluding diaryl/α,β-unsaturated/α-hetero) is 1. The highest BCUT2D eigenvalue weighted by atomic mass is 33.1. The summed E-state index contributed by atoms with van der Waals surface area (Å²) in [6.45, 7) is 9.91.